The van der Waals surface area contributed by atoms with Gasteiger partial charge in [0.2, 0.25) is 0 Å². The smallest absolute Gasteiger partial charge is 0.271 e. The molecular formula is C13H15N5O2. The van der Waals surface area contributed by atoms with Gasteiger partial charge in [0.1, 0.15) is 0 Å². The Kier molecular flexibility index (Phi) is 3.69. The van der Waals surface area contributed by atoms with Gasteiger partial charge in [0.25, 0.3) is 11.8 Å². The van der Waals surface area contributed by atoms with Crippen LogP contribution in [0.3, 0.4) is 0 Å². The van der Waals surface area contributed by atoms with E-state index in [9.17, 15) is 9.59 Å². The lowest BCUT2D eigenvalue weighted by Crippen LogP contribution is -2.19. The lowest BCUT2D eigenvalue weighted by atomic mass is 10.1. The third-order valence-corrected chi connectivity index (χ3v) is 2.81. The zero-order chi connectivity index (χ0) is 14.7. The number of nitrogens with one attached hydrogen (secondary N) is 2. The fourth-order valence-corrected chi connectivity index (χ4v) is 1.76. The molecule has 1 aromatic heterocycles. The van der Waals surface area contributed by atoms with Crippen LogP contribution < -0.4 is 16.4 Å². The van der Waals surface area contributed by atoms with Gasteiger partial charge in [-0.25, -0.2) is 4.68 Å². The van der Waals surface area contributed by atoms with E-state index in [0.717, 1.165) is 0 Å². The SMILES string of the molecule is CNC(=O)c1ccc(-n2ccc(C(=O)NC)n2)c(N)c1. The Bertz CT molecular complexity index is 663. The fraction of sp³-hybridized carbons (Fsp3) is 0.154. The van der Waals surface area contributed by atoms with Crippen LogP contribution >= 0.6 is 0 Å². The number of hydrogen-bond donors (Lipinski definition) is 3. The maximum atomic E-state index is 11.5. The highest BCUT2D eigenvalue weighted by atomic mass is 16.2. The van der Waals surface area contributed by atoms with Gasteiger partial charge >= 0.3 is 0 Å². The minimum absolute atomic E-state index is 0.213. The molecule has 0 bridgehead atoms. The van der Waals surface area contributed by atoms with Crippen LogP contribution in [0.5, 0.6) is 0 Å². The molecule has 20 heavy (non-hydrogen) atoms. The summed E-state index contributed by atoms with van der Waals surface area (Å²) in [6.07, 6.45) is 1.63. The lowest BCUT2D eigenvalue weighted by molar-refractivity contribution is 0.0952. The molecule has 0 aliphatic carbocycles. The Morgan fingerprint density at radius 1 is 1.15 bits per heavy atom. The van der Waals surface area contributed by atoms with E-state index in [1.807, 2.05) is 0 Å². The van der Waals surface area contributed by atoms with Crippen molar-refractivity contribution in [3.05, 3.63) is 41.7 Å². The number of nitrogens with two attached hydrogens (primary N) is 1. The summed E-state index contributed by atoms with van der Waals surface area (Å²) in [5, 5.41) is 9.15. The maximum Gasteiger partial charge on any atom is 0.271 e. The van der Waals surface area contributed by atoms with Crippen molar-refractivity contribution in [1.82, 2.24) is 20.4 Å². The average molecular weight is 273 g/mol. The van der Waals surface area contributed by atoms with Crippen LogP contribution in [0.4, 0.5) is 5.69 Å². The normalized spacial score (nSPS) is 10.1. The molecule has 1 aromatic carbocycles. The van der Waals surface area contributed by atoms with E-state index in [0.29, 0.717) is 22.6 Å². The van der Waals surface area contributed by atoms with E-state index in [1.54, 1.807) is 37.5 Å². The molecule has 2 aromatic rings. The van der Waals surface area contributed by atoms with Gasteiger partial charge < -0.3 is 16.4 Å². The first-order chi connectivity index (χ1) is 9.56. The highest BCUT2D eigenvalue weighted by Crippen LogP contribution is 2.18. The van der Waals surface area contributed by atoms with Crippen molar-refractivity contribution in [2.24, 2.45) is 0 Å². The van der Waals surface area contributed by atoms with Gasteiger partial charge in [-0.2, -0.15) is 5.10 Å². The topological polar surface area (TPSA) is 102 Å². The molecule has 7 heteroatoms. The first kappa shape index (κ1) is 13.6. The summed E-state index contributed by atoms with van der Waals surface area (Å²) in [6.45, 7) is 0. The van der Waals surface area contributed by atoms with Crippen LogP contribution in [0.25, 0.3) is 5.69 Å². The van der Waals surface area contributed by atoms with E-state index in [2.05, 4.69) is 15.7 Å². The Morgan fingerprint density at radius 3 is 2.45 bits per heavy atom. The number of carbonyl (C=O) groups excluding carboxylic acids is 2. The van der Waals surface area contributed by atoms with Crippen molar-refractivity contribution in [1.29, 1.82) is 0 Å². The fourth-order valence-electron chi connectivity index (χ4n) is 1.76. The first-order valence-corrected chi connectivity index (χ1v) is 5.96. The number of anilines is 1. The van der Waals surface area contributed by atoms with Crippen molar-refractivity contribution in [3.8, 4) is 5.69 Å². The average Bonchev–Trinajstić information content (AvgIpc) is 2.94. The van der Waals surface area contributed by atoms with E-state index < -0.39 is 0 Å². The molecule has 0 fully saturated rings. The van der Waals surface area contributed by atoms with E-state index in [4.69, 9.17) is 5.73 Å². The summed E-state index contributed by atoms with van der Waals surface area (Å²) in [5.74, 6) is -0.487. The maximum absolute atomic E-state index is 11.5. The second-order valence-corrected chi connectivity index (χ2v) is 4.08. The molecule has 0 aliphatic rings. The zero-order valence-electron chi connectivity index (χ0n) is 11.2. The third-order valence-electron chi connectivity index (χ3n) is 2.81. The standard InChI is InChI=1S/C13H15N5O2/c1-15-12(19)8-3-4-11(9(14)7-8)18-6-5-10(17-18)13(20)16-2/h3-7H,14H2,1-2H3,(H,15,19)(H,16,20). The van der Waals surface area contributed by atoms with Gasteiger partial charge in [-0.1, -0.05) is 0 Å². The Morgan fingerprint density at radius 2 is 1.85 bits per heavy atom. The molecule has 0 radical (unpaired) electrons. The monoisotopic (exact) mass is 273 g/mol. The van der Waals surface area contributed by atoms with Crippen LogP contribution in [0.15, 0.2) is 30.5 Å². The Balaban J connectivity index is 2.36. The number of carbonyl (C=O) groups is 2. The van der Waals surface area contributed by atoms with Gasteiger partial charge in [0.15, 0.2) is 5.69 Å². The van der Waals surface area contributed by atoms with E-state index in [-0.39, 0.29) is 11.8 Å². The number of amides is 2. The molecule has 0 unspecified atom stereocenters. The largest absolute Gasteiger partial charge is 0.397 e. The summed E-state index contributed by atoms with van der Waals surface area (Å²) in [6, 6.07) is 6.48. The second kappa shape index (κ2) is 5.43. The summed E-state index contributed by atoms with van der Waals surface area (Å²) in [7, 11) is 3.09. The number of rotatable bonds is 3. The predicted octanol–water partition coefficient (Wildman–Crippen LogP) is 0.174. The molecule has 2 amide bonds. The summed E-state index contributed by atoms with van der Waals surface area (Å²) in [5.41, 5.74) is 7.69. The number of benzene rings is 1. The third kappa shape index (κ3) is 2.46. The predicted molar refractivity (Wildman–Crippen MR) is 74.8 cm³/mol. The Labute approximate surface area is 115 Å². The highest BCUT2D eigenvalue weighted by Gasteiger charge is 2.11. The molecule has 104 valence electrons. The quantitative estimate of drug-likeness (QED) is 0.694. The summed E-state index contributed by atoms with van der Waals surface area (Å²) < 4.78 is 1.49. The van der Waals surface area contributed by atoms with E-state index in [1.165, 1.54) is 11.7 Å². The molecular weight excluding hydrogens is 258 g/mol. The van der Waals surface area contributed by atoms with Gasteiger partial charge in [-0.15, -0.1) is 0 Å². The number of hydrogen-bond acceptors (Lipinski definition) is 4. The van der Waals surface area contributed by atoms with Crippen LogP contribution in [0.2, 0.25) is 0 Å². The van der Waals surface area contributed by atoms with Crippen LogP contribution in [-0.4, -0.2) is 35.7 Å². The molecule has 0 saturated heterocycles. The minimum atomic E-state index is -0.274. The summed E-state index contributed by atoms with van der Waals surface area (Å²) in [4.78, 5) is 23.0. The van der Waals surface area contributed by atoms with Gasteiger partial charge in [0, 0.05) is 25.9 Å². The van der Waals surface area contributed by atoms with Crippen LogP contribution in [0.1, 0.15) is 20.8 Å². The number of aromatic nitrogens is 2. The molecule has 0 saturated carbocycles. The van der Waals surface area contributed by atoms with Gasteiger partial charge in [-0.05, 0) is 24.3 Å². The van der Waals surface area contributed by atoms with Crippen molar-refractivity contribution < 1.29 is 9.59 Å². The lowest BCUT2D eigenvalue weighted by Gasteiger charge is -2.07. The van der Waals surface area contributed by atoms with Crippen molar-refractivity contribution in [2.45, 2.75) is 0 Å². The minimum Gasteiger partial charge on any atom is -0.397 e. The molecule has 4 N–H and O–H groups in total. The molecule has 0 spiro atoms. The number of nitrogens with zero attached hydrogens (tertiary/aromatic N) is 2. The molecule has 0 aliphatic heterocycles. The second-order valence-electron chi connectivity index (χ2n) is 4.08. The van der Waals surface area contributed by atoms with Gasteiger partial charge in [0.05, 0.1) is 11.4 Å². The number of nitrogen functional groups attached to an aromatic ring is 1. The molecule has 0 atom stereocenters. The van der Waals surface area contributed by atoms with Gasteiger partial charge in [-0.3, -0.25) is 9.59 Å². The van der Waals surface area contributed by atoms with Crippen molar-refractivity contribution >= 4 is 17.5 Å². The molecule has 7 nitrogen and oxygen atoms in total. The Hall–Kier alpha value is -2.83. The molecule has 2 rings (SSSR count). The zero-order valence-corrected chi connectivity index (χ0v) is 11.2. The van der Waals surface area contributed by atoms with Crippen LogP contribution in [0, 0.1) is 0 Å². The van der Waals surface area contributed by atoms with Crippen molar-refractivity contribution in [2.75, 3.05) is 19.8 Å². The molecule has 1 heterocycles. The van der Waals surface area contributed by atoms with Crippen molar-refractivity contribution in [3.63, 3.8) is 0 Å². The summed E-state index contributed by atoms with van der Waals surface area (Å²) >= 11 is 0. The first-order valence-electron chi connectivity index (χ1n) is 5.96. The van der Waals surface area contributed by atoms with Crippen LogP contribution in [-0.2, 0) is 0 Å². The van der Waals surface area contributed by atoms with E-state index >= 15 is 0 Å². The highest BCUT2D eigenvalue weighted by molar-refractivity contribution is 5.95.